The van der Waals surface area contributed by atoms with Crippen LogP contribution < -0.4 is 5.32 Å². The number of aliphatic carboxylic acids is 1. The van der Waals surface area contributed by atoms with Crippen LogP contribution in [-0.4, -0.2) is 70.8 Å². The maximum absolute atomic E-state index is 13.2. The summed E-state index contributed by atoms with van der Waals surface area (Å²) in [7, 11) is 0. The molecular weight excluding hydrogens is 369 g/mol. The Labute approximate surface area is 162 Å². The zero-order valence-electron chi connectivity index (χ0n) is 15.7. The standard InChI is InChI=1S/C19H24FN3O5/c1-13(24)23(12-18(26)27)16-6-3-8-22(9-7-16)17(25)11-21-19(28)14-4-2-5-15(20)10-14/h2,4-5,10,16H,3,6-9,11-12H2,1H3,(H,21,28)(H,26,27). The Bertz CT molecular complexity index is 755. The van der Waals surface area contributed by atoms with Gasteiger partial charge in [0.15, 0.2) is 0 Å². The van der Waals surface area contributed by atoms with Crippen LogP contribution in [0, 0.1) is 5.82 Å². The highest BCUT2D eigenvalue weighted by atomic mass is 19.1. The number of nitrogens with zero attached hydrogens (tertiary/aromatic N) is 2. The van der Waals surface area contributed by atoms with E-state index in [4.69, 9.17) is 5.11 Å². The van der Waals surface area contributed by atoms with Crippen molar-refractivity contribution >= 4 is 23.7 Å². The first-order valence-corrected chi connectivity index (χ1v) is 9.08. The van der Waals surface area contributed by atoms with E-state index >= 15 is 0 Å². The fraction of sp³-hybridized carbons (Fsp3) is 0.474. The topological polar surface area (TPSA) is 107 Å². The van der Waals surface area contributed by atoms with E-state index in [1.54, 1.807) is 4.90 Å². The molecule has 0 saturated carbocycles. The van der Waals surface area contributed by atoms with Gasteiger partial charge in [-0.05, 0) is 37.5 Å². The summed E-state index contributed by atoms with van der Waals surface area (Å²) in [5.74, 6) is -2.74. The van der Waals surface area contributed by atoms with Crippen molar-refractivity contribution in [1.82, 2.24) is 15.1 Å². The minimum Gasteiger partial charge on any atom is -0.480 e. The third-order valence-corrected chi connectivity index (χ3v) is 4.69. The van der Waals surface area contributed by atoms with Crippen LogP contribution in [0.3, 0.4) is 0 Å². The van der Waals surface area contributed by atoms with Crippen molar-refractivity contribution < 1.29 is 28.7 Å². The number of carboxylic acid groups (broad SMARTS) is 1. The number of rotatable bonds is 6. The molecule has 0 radical (unpaired) electrons. The summed E-state index contributed by atoms with van der Waals surface area (Å²) in [6.45, 7) is 1.58. The summed E-state index contributed by atoms with van der Waals surface area (Å²) in [6.07, 6.45) is 1.69. The Morgan fingerprint density at radius 3 is 2.64 bits per heavy atom. The van der Waals surface area contributed by atoms with Gasteiger partial charge in [0.05, 0.1) is 6.54 Å². The quantitative estimate of drug-likeness (QED) is 0.746. The molecule has 0 aliphatic carbocycles. The normalized spacial score (nSPS) is 16.8. The van der Waals surface area contributed by atoms with Crippen LogP contribution in [0.5, 0.6) is 0 Å². The van der Waals surface area contributed by atoms with Crippen molar-refractivity contribution in [3.05, 3.63) is 35.6 Å². The highest BCUT2D eigenvalue weighted by Gasteiger charge is 2.27. The fourth-order valence-corrected chi connectivity index (χ4v) is 3.28. The first kappa shape index (κ1) is 21.3. The predicted molar refractivity (Wildman–Crippen MR) is 98.0 cm³/mol. The van der Waals surface area contributed by atoms with Crippen molar-refractivity contribution in [2.24, 2.45) is 0 Å². The first-order valence-electron chi connectivity index (χ1n) is 9.08. The number of nitrogens with one attached hydrogen (secondary N) is 1. The van der Waals surface area contributed by atoms with E-state index < -0.39 is 17.7 Å². The van der Waals surface area contributed by atoms with Crippen LogP contribution in [0.15, 0.2) is 24.3 Å². The van der Waals surface area contributed by atoms with Crippen LogP contribution in [-0.2, 0) is 14.4 Å². The monoisotopic (exact) mass is 393 g/mol. The van der Waals surface area contributed by atoms with Gasteiger partial charge >= 0.3 is 5.97 Å². The molecule has 3 amide bonds. The van der Waals surface area contributed by atoms with Crippen molar-refractivity contribution in [2.75, 3.05) is 26.2 Å². The van der Waals surface area contributed by atoms with Gasteiger partial charge in [-0.15, -0.1) is 0 Å². The van der Waals surface area contributed by atoms with Crippen LogP contribution in [0.25, 0.3) is 0 Å². The van der Waals surface area contributed by atoms with Gasteiger partial charge in [0, 0.05) is 31.6 Å². The molecule has 1 aromatic carbocycles. The van der Waals surface area contributed by atoms with Crippen molar-refractivity contribution in [2.45, 2.75) is 32.2 Å². The van der Waals surface area contributed by atoms with Crippen LogP contribution in [0.2, 0.25) is 0 Å². The Hall–Kier alpha value is -2.97. The van der Waals surface area contributed by atoms with E-state index in [1.807, 2.05) is 0 Å². The van der Waals surface area contributed by atoms with Gasteiger partial charge in [-0.2, -0.15) is 0 Å². The first-order chi connectivity index (χ1) is 13.3. The minimum atomic E-state index is -1.08. The second kappa shape index (κ2) is 9.82. The van der Waals surface area contributed by atoms with Gasteiger partial charge in [0.25, 0.3) is 5.91 Å². The third-order valence-electron chi connectivity index (χ3n) is 4.69. The van der Waals surface area contributed by atoms with E-state index in [9.17, 15) is 23.6 Å². The molecule has 2 N–H and O–H groups in total. The molecule has 1 fully saturated rings. The number of benzene rings is 1. The van der Waals surface area contributed by atoms with Crippen LogP contribution in [0.1, 0.15) is 36.5 Å². The van der Waals surface area contributed by atoms with Crippen molar-refractivity contribution in [3.8, 4) is 0 Å². The number of amides is 3. The van der Waals surface area contributed by atoms with Crippen molar-refractivity contribution in [3.63, 3.8) is 0 Å². The van der Waals surface area contributed by atoms with E-state index in [0.717, 1.165) is 6.07 Å². The highest BCUT2D eigenvalue weighted by Crippen LogP contribution is 2.17. The summed E-state index contributed by atoms with van der Waals surface area (Å²) in [6, 6.07) is 4.95. The number of hydrogen-bond donors (Lipinski definition) is 2. The van der Waals surface area contributed by atoms with Gasteiger partial charge in [-0.25, -0.2) is 4.39 Å². The lowest BCUT2D eigenvalue weighted by atomic mass is 10.1. The SMILES string of the molecule is CC(=O)N(CC(=O)O)C1CCCN(C(=O)CNC(=O)c2cccc(F)c2)CC1. The van der Waals surface area contributed by atoms with E-state index in [0.29, 0.717) is 32.4 Å². The summed E-state index contributed by atoms with van der Waals surface area (Å²) in [5, 5.41) is 11.5. The van der Waals surface area contributed by atoms with E-state index in [2.05, 4.69) is 5.32 Å². The molecule has 1 aliphatic heterocycles. The molecule has 1 atom stereocenters. The Morgan fingerprint density at radius 1 is 1.25 bits per heavy atom. The molecule has 1 heterocycles. The molecule has 9 heteroatoms. The number of carboxylic acids is 1. The zero-order chi connectivity index (χ0) is 20.7. The molecule has 8 nitrogen and oxygen atoms in total. The molecule has 1 aliphatic rings. The molecule has 2 rings (SSSR count). The van der Waals surface area contributed by atoms with Gasteiger partial charge in [-0.1, -0.05) is 6.07 Å². The summed E-state index contributed by atoms with van der Waals surface area (Å²) in [4.78, 5) is 50.1. The second-order valence-electron chi connectivity index (χ2n) is 6.70. The lowest BCUT2D eigenvalue weighted by Gasteiger charge is -2.28. The van der Waals surface area contributed by atoms with Gasteiger partial charge in [0.1, 0.15) is 12.4 Å². The summed E-state index contributed by atoms with van der Waals surface area (Å²) < 4.78 is 13.2. The number of carbonyl (C=O) groups is 4. The molecule has 1 unspecified atom stereocenters. The van der Waals surface area contributed by atoms with Crippen LogP contribution in [0.4, 0.5) is 4.39 Å². The number of likely N-dealkylation sites (tertiary alicyclic amines) is 1. The van der Waals surface area contributed by atoms with E-state index in [1.165, 1.54) is 30.0 Å². The lowest BCUT2D eigenvalue weighted by Crippen LogP contribution is -2.44. The molecule has 1 saturated heterocycles. The molecule has 0 bridgehead atoms. The largest absolute Gasteiger partial charge is 0.480 e. The number of halogens is 1. The Kier molecular flexibility index (Phi) is 7.48. The maximum atomic E-state index is 13.2. The lowest BCUT2D eigenvalue weighted by molar-refractivity contribution is -0.145. The molecule has 0 spiro atoms. The minimum absolute atomic E-state index is 0.134. The van der Waals surface area contributed by atoms with Gasteiger partial charge in [-0.3, -0.25) is 19.2 Å². The highest BCUT2D eigenvalue weighted by molar-refractivity contribution is 5.96. The van der Waals surface area contributed by atoms with Crippen LogP contribution >= 0.6 is 0 Å². The predicted octanol–water partition coefficient (Wildman–Crippen LogP) is 0.870. The molecule has 1 aromatic rings. The summed E-state index contributed by atoms with van der Waals surface area (Å²) >= 11 is 0. The second-order valence-corrected chi connectivity index (χ2v) is 6.70. The molecule has 0 aromatic heterocycles. The Balaban J connectivity index is 1.88. The smallest absolute Gasteiger partial charge is 0.323 e. The number of hydrogen-bond acceptors (Lipinski definition) is 4. The summed E-state index contributed by atoms with van der Waals surface area (Å²) in [5.41, 5.74) is 0.134. The third kappa shape index (κ3) is 6.04. The maximum Gasteiger partial charge on any atom is 0.323 e. The van der Waals surface area contributed by atoms with Gasteiger partial charge < -0.3 is 20.2 Å². The zero-order valence-corrected chi connectivity index (χ0v) is 15.7. The molecule has 152 valence electrons. The Morgan fingerprint density at radius 2 is 2.00 bits per heavy atom. The molecular formula is C19H24FN3O5. The average molecular weight is 393 g/mol. The number of carbonyl (C=O) groups excluding carboxylic acids is 3. The molecule has 28 heavy (non-hydrogen) atoms. The fourth-order valence-electron chi connectivity index (χ4n) is 3.28. The van der Waals surface area contributed by atoms with Crippen molar-refractivity contribution in [1.29, 1.82) is 0 Å². The van der Waals surface area contributed by atoms with E-state index in [-0.39, 0.29) is 36.5 Å². The van der Waals surface area contributed by atoms with Gasteiger partial charge in [0.2, 0.25) is 11.8 Å². The average Bonchev–Trinajstić information content (AvgIpc) is 2.89.